The lowest BCUT2D eigenvalue weighted by Crippen LogP contribution is -2.48. The van der Waals surface area contributed by atoms with E-state index in [1.165, 1.54) is 16.8 Å². The minimum absolute atomic E-state index is 0.163. The van der Waals surface area contributed by atoms with Gasteiger partial charge in [0.2, 0.25) is 0 Å². The normalized spacial score (nSPS) is 25.7. The quantitative estimate of drug-likeness (QED) is 0.711. The number of likely N-dealkylation sites (tertiary alicyclic amines) is 1. The molecule has 6 heteroatoms. The van der Waals surface area contributed by atoms with Gasteiger partial charge >= 0.3 is 0 Å². The van der Waals surface area contributed by atoms with Gasteiger partial charge in [-0.2, -0.15) is 0 Å². The third-order valence-electron chi connectivity index (χ3n) is 7.29. The molecule has 2 aromatic heterocycles. The molecule has 0 unspecified atom stereocenters. The van der Waals surface area contributed by atoms with Gasteiger partial charge in [-0.05, 0) is 37.0 Å². The number of benzene rings is 1. The molecule has 3 atom stereocenters. The van der Waals surface area contributed by atoms with Crippen molar-refractivity contribution in [2.24, 2.45) is 5.92 Å². The molecule has 0 radical (unpaired) electrons. The van der Waals surface area contributed by atoms with Crippen LogP contribution in [0.5, 0.6) is 0 Å². The van der Waals surface area contributed by atoms with Crippen LogP contribution in [0.25, 0.3) is 10.9 Å². The number of nitrogens with zero attached hydrogens (tertiary/aromatic N) is 4. The number of hydrogen-bond donors (Lipinski definition) is 1. The molecule has 3 aliphatic heterocycles. The van der Waals surface area contributed by atoms with Crippen LogP contribution in [0.4, 0.5) is 5.69 Å². The Morgan fingerprint density at radius 2 is 1.94 bits per heavy atom. The van der Waals surface area contributed by atoms with E-state index in [0.717, 1.165) is 50.1 Å². The molecule has 3 aliphatic rings. The van der Waals surface area contributed by atoms with Crippen molar-refractivity contribution in [2.45, 2.75) is 38.0 Å². The molecule has 6 rings (SSSR count). The minimum atomic E-state index is -0.255. The Labute approximate surface area is 181 Å². The summed E-state index contributed by atoms with van der Waals surface area (Å²) in [6.07, 6.45) is 3.60. The summed E-state index contributed by atoms with van der Waals surface area (Å²) in [5, 5.41) is 11.0. The summed E-state index contributed by atoms with van der Waals surface area (Å²) in [5.74, 6) is 0.842. The van der Waals surface area contributed by atoms with Crippen molar-refractivity contribution in [1.29, 1.82) is 0 Å². The number of aliphatic hydroxyl groups is 1. The van der Waals surface area contributed by atoms with Gasteiger partial charge in [0.05, 0.1) is 11.6 Å². The van der Waals surface area contributed by atoms with Crippen LogP contribution < -0.4 is 10.5 Å². The summed E-state index contributed by atoms with van der Waals surface area (Å²) in [4.78, 5) is 22.5. The minimum Gasteiger partial charge on any atom is -0.392 e. The van der Waals surface area contributed by atoms with Gasteiger partial charge in [0, 0.05) is 73.7 Å². The highest BCUT2D eigenvalue weighted by atomic mass is 16.3. The van der Waals surface area contributed by atoms with E-state index in [1.807, 2.05) is 22.9 Å². The maximum absolute atomic E-state index is 13.3. The fraction of sp³-hybridized carbons (Fsp3) is 0.440. The van der Waals surface area contributed by atoms with Gasteiger partial charge in [-0.15, -0.1) is 0 Å². The Kier molecular flexibility index (Phi) is 4.58. The zero-order chi connectivity index (χ0) is 20.9. The number of rotatable bonds is 3. The van der Waals surface area contributed by atoms with Gasteiger partial charge in [0.1, 0.15) is 0 Å². The predicted molar refractivity (Wildman–Crippen MR) is 121 cm³/mol. The third kappa shape index (κ3) is 3.34. The molecule has 0 amide bonds. The first kappa shape index (κ1) is 19.0. The average molecular weight is 417 g/mol. The summed E-state index contributed by atoms with van der Waals surface area (Å²) in [7, 11) is 0. The van der Waals surface area contributed by atoms with Crippen LogP contribution in [0.1, 0.15) is 30.0 Å². The number of aromatic nitrogens is 2. The Bertz CT molecular complexity index is 1180. The van der Waals surface area contributed by atoms with Crippen LogP contribution in [0, 0.1) is 5.92 Å². The lowest BCUT2D eigenvalue weighted by atomic mass is 9.82. The Hall–Kier alpha value is -2.70. The number of pyridine rings is 2. The summed E-state index contributed by atoms with van der Waals surface area (Å²) in [6.45, 7) is 4.87. The van der Waals surface area contributed by atoms with Crippen LogP contribution in [-0.2, 0) is 13.1 Å². The van der Waals surface area contributed by atoms with E-state index >= 15 is 0 Å². The molecule has 160 valence electrons. The van der Waals surface area contributed by atoms with E-state index in [-0.39, 0.29) is 11.7 Å². The van der Waals surface area contributed by atoms with Crippen molar-refractivity contribution >= 4 is 16.6 Å². The fourth-order valence-corrected chi connectivity index (χ4v) is 5.86. The molecule has 31 heavy (non-hydrogen) atoms. The standard InChI is InChI=1S/C25H28N4O2/c30-20-8-10-27(16-20)14-18-5-6-23-19-11-17(13-29(23)25(18)31)12-28(15-19)24-7-9-26-22-4-2-1-3-21(22)24/h1-7,9,17,19-20,30H,8,10-16H2/t17-,19+,20+/m0/s1. The SMILES string of the molecule is O=c1c(CN2CC[C@@H](O)C2)ccc2n1C[C@H]1C[C@@H]2CN(c2ccnc3ccccc23)C1. The van der Waals surface area contributed by atoms with Crippen molar-refractivity contribution in [3.8, 4) is 0 Å². The van der Waals surface area contributed by atoms with Crippen molar-refractivity contribution in [3.05, 3.63) is 70.3 Å². The number of hydrogen-bond acceptors (Lipinski definition) is 5. The maximum Gasteiger partial charge on any atom is 0.255 e. The van der Waals surface area contributed by atoms with E-state index < -0.39 is 0 Å². The van der Waals surface area contributed by atoms with Crippen LogP contribution in [0.2, 0.25) is 0 Å². The topological polar surface area (TPSA) is 61.6 Å². The summed E-state index contributed by atoms with van der Waals surface area (Å²) >= 11 is 0. The van der Waals surface area contributed by atoms with Gasteiger partial charge in [-0.1, -0.05) is 24.3 Å². The van der Waals surface area contributed by atoms with Crippen molar-refractivity contribution in [3.63, 3.8) is 0 Å². The molecule has 1 aromatic carbocycles. The predicted octanol–water partition coefficient (Wildman–Crippen LogP) is 2.59. The highest BCUT2D eigenvalue weighted by molar-refractivity contribution is 5.91. The van der Waals surface area contributed by atoms with Crippen LogP contribution in [0.15, 0.2) is 53.5 Å². The second-order valence-electron chi connectivity index (χ2n) is 9.43. The zero-order valence-corrected chi connectivity index (χ0v) is 17.7. The van der Waals surface area contributed by atoms with Gasteiger partial charge in [0.25, 0.3) is 5.56 Å². The smallest absolute Gasteiger partial charge is 0.255 e. The highest BCUT2D eigenvalue weighted by Gasteiger charge is 2.35. The van der Waals surface area contributed by atoms with Gasteiger partial charge in [0.15, 0.2) is 0 Å². The van der Waals surface area contributed by atoms with E-state index in [9.17, 15) is 9.90 Å². The number of fused-ring (bicyclic) bond motifs is 5. The number of aliphatic hydroxyl groups excluding tert-OH is 1. The Morgan fingerprint density at radius 1 is 1.03 bits per heavy atom. The molecule has 0 spiro atoms. The second kappa shape index (κ2) is 7.46. The number of para-hydroxylation sites is 1. The molecule has 5 heterocycles. The fourth-order valence-electron chi connectivity index (χ4n) is 5.86. The van der Waals surface area contributed by atoms with Crippen molar-refractivity contribution < 1.29 is 5.11 Å². The first-order valence-corrected chi connectivity index (χ1v) is 11.4. The van der Waals surface area contributed by atoms with Crippen LogP contribution in [-0.4, -0.2) is 51.8 Å². The summed E-state index contributed by atoms with van der Waals surface area (Å²) < 4.78 is 2.04. The first-order valence-electron chi connectivity index (χ1n) is 11.4. The summed E-state index contributed by atoms with van der Waals surface area (Å²) in [5.41, 5.74) is 4.48. The van der Waals surface area contributed by atoms with Gasteiger partial charge < -0.3 is 14.6 Å². The van der Waals surface area contributed by atoms with Crippen molar-refractivity contribution in [2.75, 3.05) is 31.1 Å². The average Bonchev–Trinajstić information content (AvgIpc) is 3.20. The monoisotopic (exact) mass is 416 g/mol. The second-order valence-corrected chi connectivity index (χ2v) is 9.43. The van der Waals surface area contributed by atoms with Crippen molar-refractivity contribution in [1.82, 2.24) is 14.5 Å². The Morgan fingerprint density at radius 3 is 2.81 bits per heavy atom. The molecule has 2 saturated heterocycles. The molecule has 0 saturated carbocycles. The lowest BCUT2D eigenvalue weighted by molar-refractivity contribution is 0.174. The molecule has 1 N–H and O–H groups in total. The van der Waals surface area contributed by atoms with E-state index in [0.29, 0.717) is 24.9 Å². The summed E-state index contributed by atoms with van der Waals surface area (Å²) in [6, 6.07) is 14.7. The number of piperidine rings is 1. The zero-order valence-electron chi connectivity index (χ0n) is 17.7. The highest BCUT2D eigenvalue weighted by Crippen LogP contribution is 2.38. The van der Waals surface area contributed by atoms with E-state index in [4.69, 9.17) is 0 Å². The lowest BCUT2D eigenvalue weighted by Gasteiger charge is -2.44. The molecular weight excluding hydrogens is 388 g/mol. The van der Waals surface area contributed by atoms with Gasteiger partial charge in [-0.25, -0.2) is 0 Å². The van der Waals surface area contributed by atoms with E-state index in [2.05, 4.69) is 45.1 Å². The largest absolute Gasteiger partial charge is 0.392 e. The molecule has 2 fully saturated rings. The first-order chi connectivity index (χ1) is 15.2. The maximum atomic E-state index is 13.3. The number of β-amino-alcohol motifs (C(OH)–C–C–N with tert-alkyl or cyclic N) is 1. The molecule has 6 nitrogen and oxygen atoms in total. The molecule has 0 aliphatic carbocycles. The molecule has 3 aromatic rings. The van der Waals surface area contributed by atoms with Crippen LogP contribution in [0.3, 0.4) is 0 Å². The molecule has 2 bridgehead atoms. The third-order valence-corrected chi connectivity index (χ3v) is 7.29. The molecular formula is C25H28N4O2. The number of anilines is 1. The van der Waals surface area contributed by atoms with Crippen LogP contribution >= 0.6 is 0 Å². The van der Waals surface area contributed by atoms with Gasteiger partial charge in [-0.3, -0.25) is 14.7 Å². The Balaban J connectivity index is 1.30. The van der Waals surface area contributed by atoms with E-state index in [1.54, 1.807) is 0 Å².